The smallest absolute Gasteiger partial charge is 0.0553 e. The molecule has 3 heteroatoms. The molecule has 4 atom stereocenters. The highest BCUT2D eigenvalue weighted by Crippen LogP contribution is 2.37. The van der Waals surface area contributed by atoms with Crippen molar-refractivity contribution in [2.75, 3.05) is 19.6 Å². The molecule has 1 heterocycles. The summed E-state index contributed by atoms with van der Waals surface area (Å²) in [5.41, 5.74) is 0. The SMILES string of the molecule is CC(O)C1CC(NCC2CC2)CN(C(C)C2CC2)C1. The number of aliphatic hydroxyl groups excluding tert-OH is 1. The standard InChI is InChI=1S/C16H30N2O/c1-11(14-5-6-14)18-9-15(12(2)19)7-16(10-18)17-8-13-3-4-13/h11-17,19H,3-10H2,1-2H3. The van der Waals surface area contributed by atoms with Crippen molar-refractivity contribution < 1.29 is 5.11 Å². The lowest BCUT2D eigenvalue weighted by Gasteiger charge is -2.42. The Bertz CT molecular complexity index is 299. The predicted molar refractivity (Wildman–Crippen MR) is 78.1 cm³/mol. The van der Waals surface area contributed by atoms with Crippen LogP contribution in [0.2, 0.25) is 0 Å². The van der Waals surface area contributed by atoms with Crippen molar-refractivity contribution in [3.8, 4) is 0 Å². The minimum Gasteiger partial charge on any atom is -0.393 e. The van der Waals surface area contributed by atoms with E-state index in [9.17, 15) is 5.11 Å². The molecule has 0 spiro atoms. The van der Waals surface area contributed by atoms with Crippen molar-refractivity contribution in [3.63, 3.8) is 0 Å². The number of nitrogens with one attached hydrogen (secondary N) is 1. The summed E-state index contributed by atoms with van der Waals surface area (Å²) in [6.07, 6.45) is 6.65. The van der Waals surface area contributed by atoms with Crippen molar-refractivity contribution in [2.45, 2.75) is 64.1 Å². The third kappa shape index (κ3) is 3.71. The van der Waals surface area contributed by atoms with Crippen LogP contribution in [0, 0.1) is 17.8 Å². The van der Waals surface area contributed by atoms with E-state index in [0.29, 0.717) is 18.0 Å². The zero-order chi connectivity index (χ0) is 13.4. The van der Waals surface area contributed by atoms with E-state index in [2.05, 4.69) is 17.1 Å². The van der Waals surface area contributed by atoms with E-state index in [1.165, 1.54) is 38.8 Å². The molecule has 3 rings (SSSR count). The summed E-state index contributed by atoms with van der Waals surface area (Å²) in [5.74, 6) is 2.32. The first-order chi connectivity index (χ1) is 9.13. The van der Waals surface area contributed by atoms with Crippen molar-refractivity contribution >= 4 is 0 Å². The largest absolute Gasteiger partial charge is 0.393 e. The zero-order valence-corrected chi connectivity index (χ0v) is 12.5. The van der Waals surface area contributed by atoms with Crippen LogP contribution in [0.25, 0.3) is 0 Å². The van der Waals surface area contributed by atoms with Crippen LogP contribution in [0.1, 0.15) is 46.0 Å². The van der Waals surface area contributed by atoms with Crippen molar-refractivity contribution in [1.29, 1.82) is 0 Å². The first-order valence-corrected chi connectivity index (χ1v) is 8.29. The summed E-state index contributed by atoms with van der Waals surface area (Å²) in [7, 11) is 0. The van der Waals surface area contributed by atoms with Crippen LogP contribution in [0.4, 0.5) is 0 Å². The van der Waals surface area contributed by atoms with E-state index in [4.69, 9.17) is 0 Å². The van der Waals surface area contributed by atoms with Crippen LogP contribution in [0.15, 0.2) is 0 Å². The van der Waals surface area contributed by atoms with Gasteiger partial charge >= 0.3 is 0 Å². The van der Waals surface area contributed by atoms with Gasteiger partial charge in [-0.05, 0) is 70.3 Å². The van der Waals surface area contributed by atoms with Crippen molar-refractivity contribution in [2.24, 2.45) is 17.8 Å². The van der Waals surface area contributed by atoms with Gasteiger partial charge in [0.05, 0.1) is 6.10 Å². The Kier molecular flexibility index (Phi) is 4.16. The van der Waals surface area contributed by atoms with Gasteiger partial charge in [-0.2, -0.15) is 0 Å². The molecule has 1 saturated heterocycles. The molecule has 0 bridgehead atoms. The number of rotatable bonds is 6. The molecule has 3 nitrogen and oxygen atoms in total. The van der Waals surface area contributed by atoms with Gasteiger partial charge in [-0.3, -0.25) is 4.90 Å². The lowest BCUT2D eigenvalue weighted by atomic mass is 9.89. The second-order valence-corrected chi connectivity index (χ2v) is 7.32. The molecule has 3 aliphatic rings. The summed E-state index contributed by atoms with van der Waals surface area (Å²) in [6.45, 7) is 7.83. The molecular formula is C16H30N2O. The second-order valence-electron chi connectivity index (χ2n) is 7.32. The van der Waals surface area contributed by atoms with E-state index < -0.39 is 0 Å². The molecule has 2 aliphatic carbocycles. The fraction of sp³-hybridized carbons (Fsp3) is 1.00. The number of hydrogen-bond donors (Lipinski definition) is 2. The highest BCUT2D eigenvalue weighted by atomic mass is 16.3. The van der Waals surface area contributed by atoms with E-state index >= 15 is 0 Å². The first-order valence-electron chi connectivity index (χ1n) is 8.29. The van der Waals surface area contributed by atoms with Gasteiger partial charge in [-0.15, -0.1) is 0 Å². The van der Waals surface area contributed by atoms with Gasteiger partial charge in [0.15, 0.2) is 0 Å². The van der Waals surface area contributed by atoms with Gasteiger partial charge in [-0.1, -0.05) is 0 Å². The van der Waals surface area contributed by atoms with E-state index in [-0.39, 0.29) is 6.10 Å². The fourth-order valence-corrected chi connectivity index (χ4v) is 3.54. The quantitative estimate of drug-likeness (QED) is 0.770. The van der Waals surface area contributed by atoms with Crippen LogP contribution >= 0.6 is 0 Å². The summed E-state index contributed by atoms with van der Waals surface area (Å²) >= 11 is 0. The highest BCUT2D eigenvalue weighted by molar-refractivity contribution is 4.93. The summed E-state index contributed by atoms with van der Waals surface area (Å²) in [4.78, 5) is 2.64. The zero-order valence-electron chi connectivity index (χ0n) is 12.5. The summed E-state index contributed by atoms with van der Waals surface area (Å²) in [5, 5.41) is 13.7. The molecule has 3 fully saturated rings. The number of hydrogen-bond acceptors (Lipinski definition) is 3. The normalized spacial score (nSPS) is 36.2. The minimum absolute atomic E-state index is 0.167. The average molecular weight is 266 g/mol. The van der Waals surface area contributed by atoms with Gasteiger partial charge in [0.1, 0.15) is 0 Å². The third-order valence-electron chi connectivity index (χ3n) is 5.47. The average Bonchev–Trinajstić information content (AvgIpc) is 3.28. The lowest BCUT2D eigenvalue weighted by molar-refractivity contribution is 0.0279. The van der Waals surface area contributed by atoms with Gasteiger partial charge in [0.25, 0.3) is 0 Å². The molecule has 4 unspecified atom stereocenters. The lowest BCUT2D eigenvalue weighted by Crippen LogP contribution is -2.54. The Morgan fingerprint density at radius 1 is 1.11 bits per heavy atom. The molecule has 0 radical (unpaired) electrons. The highest BCUT2D eigenvalue weighted by Gasteiger charge is 2.38. The monoisotopic (exact) mass is 266 g/mol. The molecular weight excluding hydrogens is 236 g/mol. The van der Waals surface area contributed by atoms with E-state index in [1.54, 1.807) is 0 Å². The Hall–Kier alpha value is -0.120. The second kappa shape index (κ2) is 5.71. The van der Waals surface area contributed by atoms with Gasteiger partial charge < -0.3 is 10.4 Å². The summed E-state index contributed by atoms with van der Waals surface area (Å²) in [6, 6.07) is 1.31. The van der Waals surface area contributed by atoms with Gasteiger partial charge in [-0.25, -0.2) is 0 Å². The predicted octanol–water partition coefficient (Wildman–Crippen LogP) is 1.86. The third-order valence-corrected chi connectivity index (χ3v) is 5.47. The van der Waals surface area contributed by atoms with Gasteiger partial charge in [0.2, 0.25) is 0 Å². The van der Waals surface area contributed by atoms with Gasteiger partial charge in [0, 0.05) is 25.2 Å². The molecule has 2 saturated carbocycles. The van der Waals surface area contributed by atoms with Crippen LogP contribution in [-0.2, 0) is 0 Å². The molecule has 19 heavy (non-hydrogen) atoms. The topological polar surface area (TPSA) is 35.5 Å². The molecule has 0 aromatic rings. The van der Waals surface area contributed by atoms with E-state index in [0.717, 1.165) is 24.8 Å². The number of aliphatic hydroxyl groups is 1. The number of piperidine rings is 1. The van der Waals surface area contributed by atoms with E-state index in [1.807, 2.05) is 6.92 Å². The molecule has 0 aromatic heterocycles. The Morgan fingerprint density at radius 3 is 2.42 bits per heavy atom. The Balaban J connectivity index is 1.56. The maximum absolute atomic E-state index is 9.98. The minimum atomic E-state index is -0.167. The van der Waals surface area contributed by atoms with Crippen LogP contribution in [0.5, 0.6) is 0 Å². The maximum Gasteiger partial charge on any atom is 0.0553 e. The van der Waals surface area contributed by atoms with Crippen molar-refractivity contribution in [1.82, 2.24) is 10.2 Å². The Morgan fingerprint density at radius 2 is 1.84 bits per heavy atom. The molecule has 0 amide bonds. The van der Waals surface area contributed by atoms with Crippen LogP contribution in [0.3, 0.4) is 0 Å². The molecule has 2 N–H and O–H groups in total. The summed E-state index contributed by atoms with van der Waals surface area (Å²) < 4.78 is 0. The molecule has 0 aromatic carbocycles. The first kappa shape index (κ1) is 13.8. The molecule has 1 aliphatic heterocycles. The number of nitrogens with zero attached hydrogens (tertiary/aromatic N) is 1. The fourth-order valence-electron chi connectivity index (χ4n) is 3.54. The van der Waals surface area contributed by atoms with Crippen LogP contribution in [-0.4, -0.2) is 47.8 Å². The Labute approximate surface area is 117 Å². The van der Waals surface area contributed by atoms with Crippen molar-refractivity contribution in [3.05, 3.63) is 0 Å². The van der Waals surface area contributed by atoms with Crippen LogP contribution < -0.4 is 5.32 Å². The number of likely N-dealkylation sites (tertiary alicyclic amines) is 1. The maximum atomic E-state index is 9.98. The molecule has 110 valence electrons.